The van der Waals surface area contributed by atoms with Crippen LogP contribution in [0.1, 0.15) is 42.7 Å². The summed E-state index contributed by atoms with van der Waals surface area (Å²) < 4.78 is 0. The van der Waals surface area contributed by atoms with Crippen LogP contribution in [0.4, 0.5) is 5.82 Å². The van der Waals surface area contributed by atoms with Gasteiger partial charge in [-0.1, -0.05) is 13.8 Å². The number of amides is 1. The lowest BCUT2D eigenvalue weighted by atomic mass is 10.1. The summed E-state index contributed by atoms with van der Waals surface area (Å²) in [5, 5.41) is 6.03. The Labute approximate surface area is 115 Å². The van der Waals surface area contributed by atoms with Crippen molar-refractivity contribution in [3.05, 3.63) is 23.4 Å². The monoisotopic (exact) mass is 261 g/mol. The lowest BCUT2D eigenvalue weighted by molar-refractivity contribution is 0.0946. The molecule has 1 aromatic heterocycles. The topological polar surface area (TPSA) is 54.0 Å². The van der Waals surface area contributed by atoms with Gasteiger partial charge in [0.25, 0.3) is 5.91 Å². The third-order valence-electron chi connectivity index (χ3n) is 3.77. The lowest BCUT2D eigenvalue weighted by Gasteiger charge is -2.12. The molecule has 1 atom stereocenters. The zero-order chi connectivity index (χ0) is 13.8. The Morgan fingerprint density at radius 2 is 2.21 bits per heavy atom. The van der Waals surface area contributed by atoms with Crippen molar-refractivity contribution in [3.8, 4) is 0 Å². The molecule has 104 valence electrons. The van der Waals surface area contributed by atoms with Crippen molar-refractivity contribution in [2.24, 2.45) is 11.8 Å². The second kappa shape index (κ2) is 6.04. The van der Waals surface area contributed by atoms with Crippen molar-refractivity contribution < 1.29 is 4.79 Å². The van der Waals surface area contributed by atoms with Crippen molar-refractivity contribution in [1.29, 1.82) is 0 Å². The highest BCUT2D eigenvalue weighted by molar-refractivity contribution is 5.95. The molecule has 0 radical (unpaired) electrons. The average Bonchev–Trinajstić information content (AvgIpc) is 3.28. The first-order valence-corrected chi connectivity index (χ1v) is 7.11. The molecule has 1 saturated carbocycles. The second-order valence-electron chi connectivity index (χ2n) is 5.36. The summed E-state index contributed by atoms with van der Waals surface area (Å²) in [6, 6.07) is 3.67. The summed E-state index contributed by atoms with van der Waals surface area (Å²) in [4.78, 5) is 16.6. The van der Waals surface area contributed by atoms with Crippen LogP contribution < -0.4 is 10.6 Å². The van der Waals surface area contributed by atoms with E-state index in [1.54, 1.807) is 6.07 Å². The van der Waals surface area contributed by atoms with Crippen molar-refractivity contribution in [2.45, 2.75) is 33.1 Å². The van der Waals surface area contributed by atoms with E-state index in [1.165, 1.54) is 12.8 Å². The van der Waals surface area contributed by atoms with E-state index in [0.717, 1.165) is 30.4 Å². The molecular formula is C15H23N3O. The number of aromatic nitrogens is 1. The van der Waals surface area contributed by atoms with Crippen LogP contribution in [0.25, 0.3) is 0 Å². The summed E-state index contributed by atoms with van der Waals surface area (Å²) >= 11 is 0. The number of nitrogens with one attached hydrogen (secondary N) is 2. The number of carbonyl (C=O) groups excluding carboxylic acids is 1. The maximum atomic E-state index is 12.2. The molecule has 1 fully saturated rings. The first-order valence-electron chi connectivity index (χ1n) is 7.11. The van der Waals surface area contributed by atoms with Gasteiger partial charge in [0.15, 0.2) is 0 Å². The van der Waals surface area contributed by atoms with E-state index < -0.39 is 0 Å². The van der Waals surface area contributed by atoms with E-state index in [4.69, 9.17) is 0 Å². The largest absolute Gasteiger partial charge is 0.373 e. The van der Waals surface area contributed by atoms with Gasteiger partial charge in [0.2, 0.25) is 0 Å². The van der Waals surface area contributed by atoms with Crippen molar-refractivity contribution in [3.63, 3.8) is 0 Å². The summed E-state index contributed by atoms with van der Waals surface area (Å²) in [6.07, 6.45) is 3.46. The van der Waals surface area contributed by atoms with Crippen LogP contribution in [0.2, 0.25) is 0 Å². The second-order valence-corrected chi connectivity index (χ2v) is 5.36. The van der Waals surface area contributed by atoms with E-state index in [1.807, 2.05) is 20.0 Å². The summed E-state index contributed by atoms with van der Waals surface area (Å²) in [7, 11) is 1.82. The van der Waals surface area contributed by atoms with E-state index >= 15 is 0 Å². The van der Waals surface area contributed by atoms with Crippen LogP contribution >= 0.6 is 0 Å². The number of anilines is 1. The molecule has 4 nitrogen and oxygen atoms in total. The van der Waals surface area contributed by atoms with E-state index in [9.17, 15) is 4.79 Å². The third kappa shape index (κ3) is 3.69. The van der Waals surface area contributed by atoms with Gasteiger partial charge >= 0.3 is 0 Å². The number of hydrogen-bond acceptors (Lipinski definition) is 3. The zero-order valence-corrected chi connectivity index (χ0v) is 12.0. The molecule has 2 N–H and O–H groups in total. The molecule has 1 amide bonds. The summed E-state index contributed by atoms with van der Waals surface area (Å²) in [5.74, 6) is 2.15. The van der Waals surface area contributed by atoms with Gasteiger partial charge < -0.3 is 10.6 Å². The molecular weight excluding hydrogens is 238 g/mol. The minimum atomic E-state index is 0.00102. The van der Waals surface area contributed by atoms with Gasteiger partial charge in [-0.05, 0) is 43.2 Å². The Morgan fingerprint density at radius 3 is 2.79 bits per heavy atom. The van der Waals surface area contributed by atoms with Gasteiger partial charge in [-0.25, -0.2) is 4.98 Å². The van der Waals surface area contributed by atoms with Crippen LogP contribution in [0, 0.1) is 11.8 Å². The zero-order valence-electron chi connectivity index (χ0n) is 12.0. The number of rotatable bonds is 6. The van der Waals surface area contributed by atoms with Crippen LogP contribution in [-0.2, 0) is 6.42 Å². The molecule has 4 heteroatoms. The minimum absolute atomic E-state index is 0.00102. The number of carbonyl (C=O) groups is 1. The summed E-state index contributed by atoms with van der Waals surface area (Å²) in [6.45, 7) is 5.02. The van der Waals surface area contributed by atoms with Crippen molar-refractivity contribution >= 4 is 11.7 Å². The van der Waals surface area contributed by atoms with Gasteiger partial charge in [-0.3, -0.25) is 4.79 Å². The molecule has 1 heterocycles. The number of pyridine rings is 1. The van der Waals surface area contributed by atoms with E-state index in [2.05, 4.69) is 22.5 Å². The molecule has 0 aromatic carbocycles. The summed E-state index contributed by atoms with van der Waals surface area (Å²) in [5.41, 5.74) is 1.63. The normalized spacial score (nSPS) is 15.9. The van der Waals surface area contributed by atoms with Gasteiger partial charge in [0, 0.05) is 24.8 Å². The highest BCUT2D eigenvalue weighted by Gasteiger charge is 2.27. The maximum absolute atomic E-state index is 12.2. The molecule has 19 heavy (non-hydrogen) atoms. The minimum Gasteiger partial charge on any atom is -0.373 e. The van der Waals surface area contributed by atoms with Crippen LogP contribution in [0.5, 0.6) is 0 Å². The van der Waals surface area contributed by atoms with Gasteiger partial charge in [0.05, 0.1) is 0 Å². The number of aryl methyl sites for hydroxylation is 1. The highest BCUT2D eigenvalue weighted by Crippen LogP contribution is 2.36. The smallest absolute Gasteiger partial charge is 0.251 e. The first-order chi connectivity index (χ1) is 9.13. The molecule has 1 aliphatic rings. The Balaban J connectivity index is 2.00. The fourth-order valence-electron chi connectivity index (χ4n) is 2.22. The van der Waals surface area contributed by atoms with Crippen molar-refractivity contribution in [2.75, 3.05) is 18.9 Å². The first kappa shape index (κ1) is 13.8. The Kier molecular flexibility index (Phi) is 4.40. The maximum Gasteiger partial charge on any atom is 0.251 e. The van der Waals surface area contributed by atoms with Crippen LogP contribution in [-0.4, -0.2) is 24.5 Å². The molecule has 0 saturated heterocycles. The predicted molar refractivity (Wildman–Crippen MR) is 77.4 cm³/mol. The Bertz CT molecular complexity index is 432. The van der Waals surface area contributed by atoms with Crippen LogP contribution in [0.15, 0.2) is 12.1 Å². The fraction of sp³-hybridized carbons (Fsp3) is 0.600. The SMILES string of the molecule is CCc1cc(C(=O)NCC(C)C2CC2)cc(NC)n1. The molecule has 1 aromatic rings. The van der Waals surface area contributed by atoms with E-state index in [0.29, 0.717) is 11.5 Å². The van der Waals surface area contributed by atoms with Crippen molar-refractivity contribution in [1.82, 2.24) is 10.3 Å². The Morgan fingerprint density at radius 1 is 1.47 bits per heavy atom. The molecule has 1 unspecified atom stereocenters. The number of hydrogen-bond donors (Lipinski definition) is 2. The predicted octanol–water partition coefficient (Wildman–Crippen LogP) is 2.46. The standard InChI is InChI=1S/C15H23N3O/c1-4-13-7-12(8-14(16-3)18-13)15(19)17-9-10(2)11-5-6-11/h7-8,10-11H,4-6,9H2,1-3H3,(H,16,18)(H,17,19). The molecule has 0 bridgehead atoms. The van der Waals surface area contributed by atoms with Gasteiger partial charge in [-0.2, -0.15) is 0 Å². The number of nitrogens with zero attached hydrogens (tertiary/aromatic N) is 1. The lowest BCUT2D eigenvalue weighted by Crippen LogP contribution is -2.29. The quantitative estimate of drug-likeness (QED) is 0.827. The molecule has 0 spiro atoms. The Hall–Kier alpha value is -1.58. The highest BCUT2D eigenvalue weighted by atomic mass is 16.1. The molecule has 0 aliphatic heterocycles. The van der Waals surface area contributed by atoms with Gasteiger partial charge in [0.1, 0.15) is 5.82 Å². The third-order valence-corrected chi connectivity index (χ3v) is 3.77. The fourth-order valence-corrected chi connectivity index (χ4v) is 2.22. The average molecular weight is 261 g/mol. The van der Waals surface area contributed by atoms with E-state index in [-0.39, 0.29) is 5.91 Å². The molecule has 2 rings (SSSR count). The van der Waals surface area contributed by atoms with Gasteiger partial charge in [-0.15, -0.1) is 0 Å². The van der Waals surface area contributed by atoms with Crippen LogP contribution in [0.3, 0.4) is 0 Å². The molecule has 1 aliphatic carbocycles.